The number of hydrogen-bond acceptors (Lipinski definition) is 4. The summed E-state index contributed by atoms with van der Waals surface area (Å²) in [6.07, 6.45) is 1.44. The van der Waals surface area contributed by atoms with E-state index in [4.69, 9.17) is 21.1 Å². The van der Waals surface area contributed by atoms with Crippen LogP contribution in [-0.2, 0) is 13.2 Å². The SMILES string of the molecule is Clc1ncnc2cc(OCc3ccccc3)c(OCc3ccccc3)cc12. The Morgan fingerprint density at radius 3 is 1.85 bits per heavy atom. The second-order valence-electron chi connectivity index (χ2n) is 6.03. The zero-order valence-electron chi connectivity index (χ0n) is 14.5. The van der Waals surface area contributed by atoms with Crippen LogP contribution in [0.25, 0.3) is 10.9 Å². The molecule has 0 aliphatic carbocycles. The van der Waals surface area contributed by atoms with Gasteiger partial charge in [0.05, 0.1) is 5.52 Å². The number of hydrogen-bond donors (Lipinski definition) is 0. The van der Waals surface area contributed by atoms with E-state index in [9.17, 15) is 0 Å². The number of halogens is 1. The Morgan fingerprint density at radius 1 is 0.704 bits per heavy atom. The Balaban J connectivity index is 1.64. The van der Waals surface area contributed by atoms with Gasteiger partial charge in [-0.05, 0) is 17.2 Å². The van der Waals surface area contributed by atoms with Crippen molar-refractivity contribution in [1.29, 1.82) is 0 Å². The van der Waals surface area contributed by atoms with Crippen LogP contribution in [0.3, 0.4) is 0 Å². The van der Waals surface area contributed by atoms with Crippen molar-refractivity contribution in [2.24, 2.45) is 0 Å². The summed E-state index contributed by atoms with van der Waals surface area (Å²) in [4.78, 5) is 8.33. The van der Waals surface area contributed by atoms with Gasteiger partial charge in [-0.15, -0.1) is 0 Å². The number of aromatic nitrogens is 2. The van der Waals surface area contributed by atoms with Gasteiger partial charge in [0.2, 0.25) is 0 Å². The van der Waals surface area contributed by atoms with E-state index in [1.165, 1.54) is 6.33 Å². The van der Waals surface area contributed by atoms with E-state index in [1.54, 1.807) is 0 Å². The molecule has 0 unspecified atom stereocenters. The molecule has 4 rings (SSSR count). The Kier molecular flexibility index (Phi) is 5.17. The third-order valence-electron chi connectivity index (χ3n) is 4.13. The van der Waals surface area contributed by atoms with Crippen molar-refractivity contribution in [1.82, 2.24) is 9.97 Å². The van der Waals surface area contributed by atoms with Gasteiger partial charge in [-0.2, -0.15) is 0 Å². The van der Waals surface area contributed by atoms with Crippen LogP contribution in [0.2, 0.25) is 5.15 Å². The summed E-state index contributed by atoms with van der Waals surface area (Å²) in [5.74, 6) is 1.23. The standard InChI is InChI=1S/C22H17ClN2O2/c23-22-18-11-20(26-13-16-7-3-1-4-8-16)21(12-19(18)24-15-25-22)27-14-17-9-5-2-6-10-17/h1-12,15H,13-14H2. The second-order valence-corrected chi connectivity index (χ2v) is 6.39. The van der Waals surface area contributed by atoms with Crippen molar-refractivity contribution in [3.63, 3.8) is 0 Å². The molecule has 134 valence electrons. The lowest BCUT2D eigenvalue weighted by Gasteiger charge is -2.14. The predicted molar refractivity (Wildman–Crippen MR) is 106 cm³/mol. The van der Waals surface area contributed by atoms with E-state index in [1.807, 2.05) is 72.8 Å². The average Bonchev–Trinajstić information content (AvgIpc) is 2.72. The Hall–Kier alpha value is -3.11. The van der Waals surface area contributed by atoms with Crippen molar-refractivity contribution < 1.29 is 9.47 Å². The molecule has 0 saturated carbocycles. The first kappa shape index (κ1) is 17.3. The molecule has 0 saturated heterocycles. The van der Waals surface area contributed by atoms with E-state index in [-0.39, 0.29) is 0 Å². The number of rotatable bonds is 6. The molecule has 0 aliphatic heterocycles. The molecule has 3 aromatic carbocycles. The van der Waals surface area contributed by atoms with Crippen molar-refractivity contribution in [2.75, 3.05) is 0 Å². The molecule has 4 aromatic rings. The molecule has 0 spiro atoms. The van der Waals surface area contributed by atoms with E-state index < -0.39 is 0 Å². The first-order valence-corrected chi connectivity index (χ1v) is 8.95. The number of benzene rings is 3. The summed E-state index contributed by atoms with van der Waals surface area (Å²) < 4.78 is 12.1. The average molecular weight is 377 g/mol. The van der Waals surface area contributed by atoms with E-state index in [0.717, 1.165) is 16.5 Å². The van der Waals surface area contributed by atoms with Crippen LogP contribution in [0.5, 0.6) is 11.5 Å². The fraction of sp³-hybridized carbons (Fsp3) is 0.0909. The third-order valence-corrected chi connectivity index (χ3v) is 4.43. The highest BCUT2D eigenvalue weighted by molar-refractivity contribution is 6.34. The van der Waals surface area contributed by atoms with Gasteiger partial charge in [0.1, 0.15) is 24.7 Å². The van der Waals surface area contributed by atoms with E-state index in [2.05, 4.69) is 9.97 Å². The maximum Gasteiger partial charge on any atom is 0.163 e. The molecule has 0 amide bonds. The van der Waals surface area contributed by atoms with Crippen LogP contribution >= 0.6 is 11.6 Å². The van der Waals surface area contributed by atoms with Gasteiger partial charge in [0.25, 0.3) is 0 Å². The van der Waals surface area contributed by atoms with Crippen molar-refractivity contribution in [3.05, 3.63) is 95.4 Å². The highest BCUT2D eigenvalue weighted by Crippen LogP contribution is 2.35. The summed E-state index contributed by atoms with van der Waals surface area (Å²) in [5.41, 5.74) is 2.86. The summed E-state index contributed by atoms with van der Waals surface area (Å²) in [7, 11) is 0. The van der Waals surface area contributed by atoms with Crippen LogP contribution in [0.15, 0.2) is 79.1 Å². The molecule has 0 fully saturated rings. The minimum Gasteiger partial charge on any atom is -0.485 e. The maximum atomic E-state index is 6.22. The fourth-order valence-electron chi connectivity index (χ4n) is 2.73. The van der Waals surface area contributed by atoms with Crippen molar-refractivity contribution >= 4 is 22.5 Å². The van der Waals surface area contributed by atoms with Crippen LogP contribution in [0.1, 0.15) is 11.1 Å². The second kappa shape index (κ2) is 8.06. The van der Waals surface area contributed by atoms with Crippen LogP contribution in [0, 0.1) is 0 Å². The number of ether oxygens (including phenoxy) is 2. The van der Waals surface area contributed by atoms with Gasteiger partial charge in [-0.25, -0.2) is 9.97 Å². The first-order valence-electron chi connectivity index (χ1n) is 8.57. The van der Waals surface area contributed by atoms with Crippen LogP contribution < -0.4 is 9.47 Å². The Morgan fingerprint density at radius 2 is 1.26 bits per heavy atom. The van der Waals surface area contributed by atoms with Gasteiger partial charge in [0, 0.05) is 11.5 Å². The molecule has 1 heterocycles. The van der Waals surface area contributed by atoms with Gasteiger partial charge >= 0.3 is 0 Å². The topological polar surface area (TPSA) is 44.2 Å². The summed E-state index contributed by atoms with van der Waals surface area (Å²) in [5, 5.41) is 1.12. The van der Waals surface area contributed by atoms with Crippen LogP contribution in [-0.4, -0.2) is 9.97 Å². The summed E-state index contributed by atoms with van der Waals surface area (Å²) in [6, 6.07) is 23.6. The monoisotopic (exact) mass is 376 g/mol. The highest BCUT2D eigenvalue weighted by atomic mass is 35.5. The molecule has 5 heteroatoms. The first-order chi connectivity index (χ1) is 13.3. The summed E-state index contributed by atoms with van der Waals surface area (Å²) in [6.45, 7) is 0.867. The lowest BCUT2D eigenvalue weighted by molar-refractivity contribution is 0.256. The van der Waals surface area contributed by atoms with Gasteiger partial charge in [0.15, 0.2) is 11.5 Å². The highest BCUT2D eigenvalue weighted by Gasteiger charge is 2.12. The molecule has 0 aliphatic rings. The molecule has 0 radical (unpaired) electrons. The van der Waals surface area contributed by atoms with Crippen molar-refractivity contribution in [2.45, 2.75) is 13.2 Å². The predicted octanol–water partition coefficient (Wildman–Crippen LogP) is 5.44. The van der Waals surface area contributed by atoms with Gasteiger partial charge < -0.3 is 9.47 Å². The smallest absolute Gasteiger partial charge is 0.163 e. The van der Waals surface area contributed by atoms with E-state index >= 15 is 0 Å². The molecule has 0 N–H and O–H groups in total. The minimum absolute atomic E-state index is 0.388. The number of nitrogens with zero attached hydrogens (tertiary/aromatic N) is 2. The fourth-order valence-corrected chi connectivity index (χ4v) is 2.92. The summed E-state index contributed by atoms with van der Waals surface area (Å²) >= 11 is 6.22. The number of fused-ring (bicyclic) bond motifs is 1. The zero-order valence-corrected chi connectivity index (χ0v) is 15.3. The molecule has 0 atom stereocenters. The largest absolute Gasteiger partial charge is 0.485 e. The molecular weight excluding hydrogens is 360 g/mol. The van der Waals surface area contributed by atoms with Crippen LogP contribution in [0.4, 0.5) is 0 Å². The molecule has 1 aromatic heterocycles. The molecule has 0 bridgehead atoms. The lowest BCUT2D eigenvalue weighted by Crippen LogP contribution is -2.01. The zero-order chi connectivity index (χ0) is 18.5. The van der Waals surface area contributed by atoms with E-state index in [0.29, 0.717) is 35.4 Å². The molecular formula is C22H17ClN2O2. The molecule has 27 heavy (non-hydrogen) atoms. The lowest BCUT2D eigenvalue weighted by atomic mass is 10.2. The Labute approximate surface area is 162 Å². The quantitative estimate of drug-likeness (QED) is 0.420. The minimum atomic E-state index is 0.388. The van der Waals surface area contributed by atoms with Crippen molar-refractivity contribution in [3.8, 4) is 11.5 Å². The van der Waals surface area contributed by atoms with Gasteiger partial charge in [-0.3, -0.25) is 0 Å². The normalized spacial score (nSPS) is 10.7. The Bertz CT molecular complexity index is 1040. The molecule has 4 nitrogen and oxygen atoms in total. The third kappa shape index (κ3) is 4.18. The van der Waals surface area contributed by atoms with Gasteiger partial charge in [-0.1, -0.05) is 72.3 Å². The maximum absolute atomic E-state index is 6.22.